The van der Waals surface area contributed by atoms with E-state index < -0.39 is 15.9 Å². The summed E-state index contributed by atoms with van der Waals surface area (Å²) in [5.41, 5.74) is 0. The third-order valence-corrected chi connectivity index (χ3v) is 1.22. The number of esters is 1. The van der Waals surface area contributed by atoms with E-state index in [0.29, 0.717) is 0 Å². The van der Waals surface area contributed by atoms with Crippen LogP contribution in [0.15, 0.2) is 38.3 Å². The fourth-order valence-corrected chi connectivity index (χ4v) is 0.550. The Kier molecular flexibility index (Phi) is 26.5. The third-order valence-electron chi connectivity index (χ3n) is 0.571. The molecule has 0 saturated carbocycles. The van der Waals surface area contributed by atoms with Gasteiger partial charge in [-0.3, -0.25) is 4.79 Å². The zero-order valence-electron chi connectivity index (χ0n) is 9.96. The van der Waals surface area contributed by atoms with Gasteiger partial charge in [0.25, 0.3) is 0 Å². The van der Waals surface area contributed by atoms with Crippen molar-refractivity contribution in [2.45, 2.75) is 6.92 Å². The molecule has 8 heteroatoms. The SMILES string of the molecule is C=CCS(=O)(=O)[O-].C=CO.C=COC(C)=O.[Na+]. The van der Waals surface area contributed by atoms with Gasteiger partial charge in [-0.2, -0.15) is 0 Å². The molecule has 0 aromatic carbocycles. The molecule has 0 atom stereocenters. The van der Waals surface area contributed by atoms with E-state index in [2.05, 4.69) is 24.5 Å². The molecule has 0 aliphatic rings. The van der Waals surface area contributed by atoms with Gasteiger partial charge in [-0.05, 0) is 0 Å². The fraction of sp³-hybridized carbons (Fsp3) is 0.222. The summed E-state index contributed by atoms with van der Waals surface area (Å²) in [6.07, 6.45) is 2.91. The summed E-state index contributed by atoms with van der Waals surface area (Å²) in [6.45, 7) is 10.5. The molecule has 17 heavy (non-hydrogen) atoms. The molecular formula is C9H15NaO6S. The molecule has 0 amide bonds. The molecule has 0 spiro atoms. The predicted molar refractivity (Wildman–Crippen MR) is 59.6 cm³/mol. The normalized spacial score (nSPS) is 7.65. The van der Waals surface area contributed by atoms with Crippen LogP contribution in [0, 0.1) is 0 Å². The molecule has 0 heterocycles. The van der Waals surface area contributed by atoms with Gasteiger partial charge in [0.1, 0.15) is 0 Å². The number of hydrogen-bond acceptors (Lipinski definition) is 6. The second kappa shape index (κ2) is 17.8. The number of ether oxygens (including phenoxy) is 1. The second-order valence-electron chi connectivity index (χ2n) is 1.97. The van der Waals surface area contributed by atoms with Gasteiger partial charge in [0.05, 0.1) is 28.4 Å². The Morgan fingerprint density at radius 3 is 1.76 bits per heavy atom. The molecule has 0 fully saturated rings. The monoisotopic (exact) mass is 274 g/mol. The van der Waals surface area contributed by atoms with E-state index in [-0.39, 0.29) is 35.5 Å². The van der Waals surface area contributed by atoms with Crippen molar-refractivity contribution in [1.29, 1.82) is 0 Å². The molecule has 0 saturated heterocycles. The van der Waals surface area contributed by atoms with Gasteiger partial charge < -0.3 is 14.4 Å². The van der Waals surface area contributed by atoms with Crippen LogP contribution in [0.3, 0.4) is 0 Å². The first-order valence-corrected chi connectivity index (χ1v) is 5.40. The summed E-state index contributed by atoms with van der Waals surface area (Å²) >= 11 is 0. The molecule has 0 aliphatic carbocycles. The second-order valence-corrected chi connectivity index (χ2v) is 3.42. The van der Waals surface area contributed by atoms with Gasteiger partial charge in [0.15, 0.2) is 0 Å². The van der Waals surface area contributed by atoms with Crippen molar-refractivity contribution in [1.82, 2.24) is 0 Å². The molecule has 0 aliphatic heterocycles. The Morgan fingerprint density at radius 2 is 1.76 bits per heavy atom. The van der Waals surface area contributed by atoms with Gasteiger partial charge in [-0.1, -0.05) is 19.2 Å². The number of rotatable bonds is 3. The van der Waals surface area contributed by atoms with Crippen LogP contribution >= 0.6 is 0 Å². The Balaban J connectivity index is -0.0000000778. The Bertz CT molecular complexity index is 309. The Morgan fingerprint density at radius 1 is 1.41 bits per heavy atom. The predicted octanol–water partition coefficient (Wildman–Crippen LogP) is -1.90. The van der Waals surface area contributed by atoms with E-state index >= 15 is 0 Å². The van der Waals surface area contributed by atoms with Crippen LogP contribution in [0.25, 0.3) is 0 Å². The summed E-state index contributed by atoms with van der Waals surface area (Å²) < 4.78 is 33.0. The van der Waals surface area contributed by atoms with E-state index in [9.17, 15) is 17.8 Å². The van der Waals surface area contributed by atoms with Crippen LogP contribution < -0.4 is 29.6 Å². The average Bonchev–Trinajstić information content (AvgIpc) is 2.03. The standard InChI is InChI=1S/C4H6O2.C3H6O3S.C2H4O.Na/c1-3-6-4(2)5;1-2-3-7(4,5)6;1-2-3;/h3H,1H2,2H3;2H,1,3H2,(H,4,5,6);2-3H,1H2;/q;;;+1/p-1. The van der Waals surface area contributed by atoms with Crippen molar-refractivity contribution >= 4 is 16.1 Å². The fourth-order valence-electron chi connectivity index (χ4n) is 0.262. The molecule has 1 N–H and O–H groups in total. The smallest absolute Gasteiger partial charge is 0.748 e. The minimum atomic E-state index is -4.04. The summed E-state index contributed by atoms with van der Waals surface area (Å²) in [7, 11) is -4.04. The molecule has 0 aromatic heterocycles. The quantitative estimate of drug-likeness (QED) is 0.212. The van der Waals surface area contributed by atoms with Crippen LogP contribution in [-0.2, 0) is 19.6 Å². The summed E-state index contributed by atoms with van der Waals surface area (Å²) in [6, 6.07) is 0. The molecule has 94 valence electrons. The van der Waals surface area contributed by atoms with E-state index in [1.165, 1.54) is 6.92 Å². The van der Waals surface area contributed by atoms with Crippen LogP contribution in [0.5, 0.6) is 0 Å². The zero-order chi connectivity index (χ0) is 13.6. The topological polar surface area (TPSA) is 104 Å². The van der Waals surface area contributed by atoms with E-state index in [1.54, 1.807) is 0 Å². The Hall–Kier alpha value is -0.600. The van der Waals surface area contributed by atoms with Crippen LogP contribution in [0.2, 0.25) is 0 Å². The number of carbonyl (C=O) groups is 1. The maximum atomic E-state index is 9.75. The molecule has 6 nitrogen and oxygen atoms in total. The first-order valence-electron chi connectivity index (χ1n) is 3.82. The molecule has 0 unspecified atom stereocenters. The number of aliphatic hydroxyl groups excluding tert-OH is 1. The van der Waals surface area contributed by atoms with Crippen molar-refractivity contribution in [3.05, 3.63) is 38.3 Å². The van der Waals surface area contributed by atoms with Gasteiger partial charge >= 0.3 is 35.5 Å². The number of aliphatic hydroxyl groups is 1. The van der Waals surface area contributed by atoms with Crippen molar-refractivity contribution in [3.8, 4) is 0 Å². The minimum Gasteiger partial charge on any atom is -0.748 e. The van der Waals surface area contributed by atoms with Crippen molar-refractivity contribution in [2.24, 2.45) is 0 Å². The van der Waals surface area contributed by atoms with Gasteiger partial charge in [-0.15, -0.1) is 6.58 Å². The third kappa shape index (κ3) is 67.5. The van der Waals surface area contributed by atoms with Crippen molar-refractivity contribution in [3.63, 3.8) is 0 Å². The molecule has 0 bridgehead atoms. The maximum Gasteiger partial charge on any atom is 1.00 e. The first-order chi connectivity index (χ1) is 7.24. The van der Waals surface area contributed by atoms with Gasteiger partial charge in [-0.25, -0.2) is 8.42 Å². The van der Waals surface area contributed by atoms with Crippen LogP contribution in [0.1, 0.15) is 6.92 Å². The van der Waals surface area contributed by atoms with E-state index in [4.69, 9.17) is 5.11 Å². The van der Waals surface area contributed by atoms with E-state index in [1.807, 2.05) is 0 Å². The average molecular weight is 274 g/mol. The zero-order valence-corrected chi connectivity index (χ0v) is 12.8. The largest absolute Gasteiger partial charge is 1.00 e. The summed E-state index contributed by atoms with van der Waals surface area (Å²) in [5.74, 6) is -0.808. The van der Waals surface area contributed by atoms with Gasteiger partial charge in [0.2, 0.25) is 0 Å². The van der Waals surface area contributed by atoms with Crippen molar-refractivity contribution < 1.29 is 57.2 Å². The molecule has 0 aromatic rings. The Labute approximate surface area is 124 Å². The van der Waals surface area contributed by atoms with E-state index in [0.717, 1.165) is 18.6 Å². The number of hydrogen-bond donors (Lipinski definition) is 1. The molecular weight excluding hydrogens is 259 g/mol. The molecule has 0 rings (SSSR count). The summed E-state index contributed by atoms with van der Waals surface area (Å²) in [5, 5.41) is 7.33. The van der Waals surface area contributed by atoms with Crippen LogP contribution in [-0.4, -0.2) is 29.8 Å². The van der Waals surface area contributed by atoms with Gasteiger partial charge in [0, 0.05) is 6.92 Å². The minimum absolute atomic E-state index is 0. The molecule has 0 radical (unpaired) electrons. The maximum absolute atomic E-state index is 9.75. The van der Waals surface area contributed by atoms with Crippen LogP contribution in [0.4, 0.5) is 0 Å². The summed E-state index contributed by atoms with van der Waals surface area (Å²) in [4.78, 5) is 9.75. The first kappa shape index (κ1) is 25.3. The number of carbonyl (C=O) groups excluding carboxylic acids is 1. The van der Waals surface area contributed by atoms with Crippen molar-refractivity contribution in [2.75, 3.05) is 5.75 Å².